The predicted molar refractivity (Wildman–Crippen MR) is 119 cm³/mol. The van der Waals surface area contributed by atoms with Crippen LogP contribution in [0.4, 0.5) is 13.2 Å². The topological polar surface area (TPSA) is 71.7 Å². The molecular weight excluding hydrogens is 441 g/mol. The zero-order chi connectivity index (χ0) is 23.0. The molecule has 3 saturated heterocycles. The third-order valence-electron chi connectivity index (χ3n) is 7.74. The highest BCUT2D eigenvalue weighted by atomic mass is 32.2. The highest BCUT2D eigenvalue weighted by Crippen LogP contribution is 2.48. The number of piperidine rings is 1. The van der Waals surface area contributed by atoms with Crippen molar-refractivity contribution in [2.24, 2.45) is 23.7 Å². The third kappa shape index (κ3) is 5.07. The van der Waals surface area contributed by atoms with Crippen molar-refractivity contribution in [2.45, 2.75) is 75.2 Å². The molecule has 4 rings (SSSR count). The van der Waals surface area contributed by atoms with Crippen molar-refractivity contribution in [3.8, 4) is 0 Å². The van der Waals surface area contributed by atoms with Crippen LogP contribution in [0.3, 0.4) is 0 Å². The maximum absolute atomic E-state index is 13.7. The van der Waals surface area contributed by atoms with E-state index in [1.54, 1.807) is 4.90 Å². The molecule has 1 amide bonds. The van der Waals surface area contributed by atoms with Gasteiger partial charge in [-0.25, -0.2) is 10.9 Å². The van der Waals surface area contributed by atoms with Crippen LogP contribution >= 0.6 is 11.8 Å². The van der Waals surface area contributed by atoms with Crippen molar-refractivity contribution in [1.82, 2.24) is 31.3 Å². The average Bonchev–Trinajstić information content (AvgIpc) is 3.30. The summed E-state index contributed by atoms with van der Waals surface area (Å²) in [6, 6.07) is 0. The lowest BCUT2D eigenvalue weighted by Crippen LogP contribution is -2.60. The molecule has 184 valence electrons. The molecule has 3 heterocycles. The fraction of sp³-hybridized carbons (Fsp3) is 0.952. The van der Waals surface area contributed by atoms with Crippen molar-refractivity contribution in [1.29, 1.82) is 0 Å². The van der Waals surface area contributed by atoms with Crippen LogP contribution in [-0.2, 0) is 4.79 Å². The Hall–Kier alpha value is -0.590. The number of halogens is 3. The predicted octanol–water partition coefficient (Wildman–Crippen LogP) is 2.09. The minimum Gasteiger partial charge on any atom is -0.327 e. The van der Waals surface area contributed by atoms with E-state index in [4.69, 9.17) is 0 Å². The van der Waals surface area contributed by atoms with Gasteiger partial charge in [-0.05, 0) is 51.1 Å². The largest absolute Gasteiger partial charge is 0.392 e. The summed E-state index contributed by atoms with van der Waals surface area (Å²) in [7, 11) is 2.06. The van der Waals surface area contributed by atoms with Gasteiger partial charge in [0.15, 0.2) is 0 Å². The first kappa shape index (κ1) is 24.5. The number of rotatable bonds is 6. The second-order valence-electron chi connectivity index (χ2n) is 9.79. The van der Waals surface area contributed by atoms with Crippen molar-refractivity contribution in [3.05, 3.63) is 0 Å². The lowest BCUT2D eigenvalue weighted by atomic mass is 9.73. The molecule has 32 heavy (non-hydrogen) atoms. The summed E-state index contributed by atoms with van der Waals surface area (Å²) < 4.78 is 41.0. The summed E-state index contributed by atoms with van der Waals surface area (Å²) >= 11 is 1.86. The lowest BCUT2D eigenvalue weighted by molar-refractivity contribution is -0.198. The molecule has 0 aromatic carbocycles. The average molecular weight is 479 g/mol. The molecule has 1 aliphatic carbocycles. The molecule has 7 nitrogen and oxygen atoms in total. The Bertz CT molecular complexity index is 670. The van der Waals surface area contributed by atoms with E-state index in [-0.39, 0.29) is 36.7 Å². The highest BCUT2D eigenvalue weighted by Gasteiger charge is 2.56. The highest BCUT2D eigenvalue weighted by molar-refractivity contribution is 8.00. The van der Waals surface area contributed by atoms with Crippen molar-refractivity contribution < 1.29 is 18.0 Å². The number of amides is 1. The van der Waals surface area contributed by atoms with Gasteiger partial charge in [-0.3, -0.25) is 15.0 Å². The minimum atomic E-state index is -4.23. The minimum absolute atomic E-state index is 0.0491. The van der Waals surface area contributed by atoms with E-state index in [2.05, 4.69) is 40.4 Å². The zero-order valence-corrected chi connectivity index (χ0v) is 19.9. The Kier molecular flexibility index (Phi) is 7.63. The van der Waals surface area contributed by atoms with Crippen LogP contribution in [0.25, 0.3) is 0 Å². The van der Waals surface area contributed by atoms with Crippen LogP contribution in [0.2, 0.25) is 0 Å². The van der Waals surface area contributed by atoms with E-state index in [0.29, 0.717) is 24.0 Å². The molecule has 11 heteroatoms. The maximum atomic E-state index is 13.7. The standard InChI is InChI=1S/C21H37F3N6OS/c1-4-25-17-8-13(12(2)32-20-28-26-11-29(20)3)9-18(27-17)30-10-15-14(19(30)31)6-5-7-16(15)21(22,23)24/h12-18,20,25-28H,4-11H2,1-3H3. The molecule has 4 fully saturated rings. The van der Waals surface area contributed by atoms with Gasteiger partial charge >= 0.3 is 6.18 Å². The first-order valence-electron chi connectivity index (χ1n) is 11.9. The fourth-order valence-corrected chi connectivity index (χ4v) is 7.28. The van der Waals surface area contributed by atoms with E-state index in [1.807, 2.05) is 18.7 Å². The molecular formula is C21H37F3N6OS. The van der Waals surface area contributed by atoms with Crippen LogP contribution in [0.5, 0.6) is 0 Å². The third-order valence-corrected chi connectivity index (χ3v) is 9.29. The second-order valence-corrected chi connectivity index (χ2v) is 11.3. The number of likely N-dealkylation sites (tertiary alicyclic amines) is 1. The smallest absolute Gasteiger partial charge is 0.327 e. The summed E-state index contributed by atoms with van der Waals surface area (Å²) in [5.41, 5.74) is 6.60. The monoisotopic (exact) mass is 478 g/mol. The van der Waals surface area contributed by atoms with Crippen LogP contribution in [0, 0.1) is 23.7 Å². The molecule has 0 spiro atoms. The van der Waals surface area contributed by atoms with Gasteiger partial charge < -0.3 is 10.2 Å². The maximum Gasteiger partial charge on any atom is 0.392 e. The number of carbonyl (C=O) groups is 1. The van der Waals surface area contributed by atoms with Gasteiger partial charge in [0, 0.05) is 17.7 Å². The molecule has 0 aromatic rings. The van der Waals surface area contributed by atoms with E-state index >= 15 is 0 Å². The molecule has 1 saturated carbocycles. The molecule has 4 aliphatic rings. The van der Waals surface area contributed by atoms with Gasteiger partial charge in [-0.1, -0.05) is 20.3 Å². The summed E-state index contributed by atoms with van der Waals surface area (Å²) in [4.78, 5) is 17.2. The summed E-state index contributed by atoms with van der Waals surface area (Å²) in [6.45, 7) is 6.07. The quantitative estimate of drug-likeness (QED) is 0.466. The van der Waals surface area contributed by atoms with Crippen LogP contribution < -0.4 is 21.5 Å². The van der Waals surface area contributed by atoms with Gasteiger partial charge in [-0.15, -0.1) is 11.8 Å². The molecule has 8 atom stereocenters. The number of nitrogens with one attached hydrogen (secondary N) is 4. The first-order valence-corrected chi connectivity index (χ1v) is 12.8. The van der Waals surface area contributed by atoms with E-state index in [1.165, 1.54) is 0 Å². The molecule has 3 aliphatic heterocycles. The number of carbonyl (C=O) groups excluding carboxylic acids is 1. The van der Waals surface area contributed by atoms with Crippen LogP contribution in [-0.4, -0.2) is 71.8 Å². The molecule has 4 N–H and O–H groups in total. The first-order chi connectivity index (χ1) is 15.2. The Morgan fingerprint density at radius 1 is 1.28 bits per heavy atom. The van der Waals surface area contributed by atoms with Gasteiger partial charge in [-0.2, -0.15) is 13.2 Å². The van der Waals surface area contributed by atoms with Gasteiger partial charge in [0.25, 0.3) is 0 Å². The Labute approximate surface area is 192 Å². The number of hydrogen-bond donors (Lipinski definition) is 4. The Morgan fingerprint density at radius 3 is 2.72 bits per heavy atom. The Morgan fingerprint density at radius 2 is 2.06 bits per heavy atom. The summed E-state index contributed by atoms with van der Waals surface area (Å²) in [5, 5.41) is 7.34. The van der Waals surface area contributed by atoms with Gasteiger partial charge in [0.1, 0.15) is 5.50 Å². The number of thioether (sulfide) groups is 1. The van der Waals surface area contributed by atoms with Crippen molar-refractivity contribution in [2.75, 3.05) is 26.8 Å². The lowest BCUT2D eigenvalue weighted by Gasteiger charge is -2.43. The molecule has 0 radical (unpaired) electrons. The number of nitrogens with zero attached hydrogens (tertiary/aromatic N) is 2. The zero-order valence-electron chi connectivity index (χ0n) is 19.1. The number of hydrazine groups is 1. The van der Waals surface area contributed by atoms with E-state index in [9.17, 15) is 18.0 Å². The number of alkyl halides is 3. The van der Waals surface area contributed by atoms with Gasteiger partial charge in [0.05, 0.1) is 24.9 Å². The van der Waals surface area contributed by atoms with Crippen LogP contribution in [0.15, 0.2) is 0 Å². The second kappa shape index (κ2) is 9.95. The fourth-order valence-electron chi connectivity index (χ4n) is 5.99. The summed E-state index contributed by atoms with van der Waals surface area (Å²) in [5.74, 6) is -2.18. The van der Waals surface area contributed by atoms with Crippen molar-refractivity contribution in [3.63, 3.8) is 0 Å². The van der Waals surface area contributed by atoms with Gasteiger partial charge in [0.2, 0.25) is 5.91 Å². The number of fused-ring (bicyclic) bond motifs is 1. The molecule has 0 aromatic heterocycles. The number of hydrogen-bond acceptors (Lipinski definition) is 7. The van der Waals surface area contributed by atoms with E-state index in [0.717, 1.165) is 26.1 Å². The van der Waals surface area contributed by atoms with Crippen molar-refractivity contribution >= 4 is 17.7 Å². The normalized spacial score (nSPS) is 40.0. The Balaban J connectivity index is 1.47. The summed E-state index contributed by atoms with van der Waals surface area (Å²) in [6.07, 6.45) is -1.49. The van der Waals surface area contributed by atoms with Crippen LogP contribution in [0.1, 0.15) is 46.0 Å². The SMILES string of the molecule is CCNC1CC(C(C)SC2NNCN2C)CC(N2CC3C(CCCC3C(F)(F)F)C2=O)N1. The molecule has 0 bridgehead atoms. The van der Waals surface area contributed by atoms with E-state index < -0.39 is 23.9 Å². The molecule has 8 unspecified atom stereocenters.